The lowest BCUT2D eigenvalue weighted by atomic mass is 10.2. The Bertz CT molecular complexity index is 527. The van der Waals surface area contributed by atoms with E-state index in [9.17, 15) is 0 Å². The molecule has 0 saturated carbocycles. The summed E-state index contributed by atoms with van der Waals surface area (Å²) in [5.74, 6) is 0. The van der Waals surface area contributed by atoms with Crippen LogP contribution in [0.1, 0.15) is 18.2 Å². The van der Waals surface area contributed by atoms with E-state index in [-0.39, 0.29) is 0 Å². The molecule has 1 aromatic heterocycles. The monoisotopic (exact) mass is 323 g/mol. The van der Waals surface area contributed by atoms with E-state index in [2.05, 4.69) is 45.3 Å². The molecule has 0 aliphatic carbocycles. The lowest BCUT2D eigenvalue weighted by molar-refractivity contribution is 0.543. The van der Waals surface area contributed by atoms with Gasteiger partial charge in [0.15, 0.2) is 0 Å². The van der Waals surface area contributed by atoms with Gasteiger partial charge in [0.2, 0.25) is 0 Å². The highest BCUT2D eigenvalue weighted by Crippen LogP contribution is 2.17. The third-order valence-electron chi connectivity index (χ3n) is 2.73. The van der Waals surface area contributed by atoms with Crippen molar-refractivity contribution >= 4 is 21.9 Å². The maximum absolute atomic E-state index is 5.49. The first-order valence-electron chi connectivity index (χ1n) is 6.29. The van der Waals surface area contributed by atoms with Gasteiger partial charge in [0, 0.05) is 24.6 Å². The fraction of sp³-hybridized carbons (Fsp3) is 0.357. The fourth-order valence-corrected chi connectivity index (χ4v) is 2.23. The van der Waals surface area contributed by atoms with Gasteiger partial charge >= 0.3 is 0 Å². The van der Waals surface area contributed by atoms with Crippen molar-refractivity contribution in [2.45, 2.75) is 20.0 Å². The van der Waals surface area contributed by atoms with E-state index in [1.807, 2.05) is 24.1 Å². The number of nitrogens with zero attached hydrogens (tertiary/aromatic N) is 2. The molecule has 0 aliphatic rings. The molecule has 0 aliphatic heterocycles. The topological polar surface area (TPSA) is 41.3 Å². The highest BCUT2D eigenvalue weighted by Gasteiger charge is 2.09. The number of hydrogen-bond acceptors (Lipinski definition) is 4. The van der Waals surface area contributed by atoms with Crippen molar-refractivity contribution in [2.75, 3.05) is 18.5 Å². The molecule has 0 atom stereocenters. The highest BCUT2D eigenvalue weighted by atomic mass is 79.9. The number of anilines is 1. The summed E-state index contributed by atoms with van der Waals surface area (Å²) in [6, 6.07) is 8.87. The summed E-state index contributed by atoms with van der Waals surface area (Å²) in [5, 5.41) is 3.23. The van der Waals surface area contributed by atoms with Crippen LogP contribution < -0.4 is 10.2 Å². The average molecular weight is 324 g/mol. The van der Waals surface area contributed by atoms with E-state index in [1.54, 1.807) is 6.26 Å². The molecule has 0 bridgehead atoms. The third-order valence-corrected chi connectivity index (χ3v) is 3.22. The van der Waals surface area contributed by atoms with Gasteiger partial charge in [0.1, 0.15) is 6.26 Å². The quantitative estimate of drug-likeness (QED) is 0.886. The molecule has 102 valence electrons. The minimum atomic E-state index is 0.646. The molecule has 0 spiro atoms. The summed E-state index contributed by atoms with van der Waals surface area (Å²) in [5.41, 5.74) is 2.14. The molecule has 0 saturated heterocycles. The maximum atomic E-state index is 5.49. The Labute approximate surface area is 122 Å². The van der Waals surface area contributed by atoms with Crippen molar-refractivity contribution in [1.29, 1.82) is 0 Å². The molecule has 0 fully saturated rings. The molecule has 1 aromatic carbocycles. The Morgan fingerprint density at radius 1 is 1.42 bits per heavy atom. The van der Waals surface area contributed by atoms with Crippen LogP contribution in [0.3, 0.4) is 0 Å². The van der Waals surface area contributed by atoms with Gasteiger partial charge in [0.25, 0.3) is 6.01 Å². The standard InChI is InChI=1S/C14H18BrN3O/c1-3-16-8-13-10-19-14(17-13)18(2)9-11-5-4-6-12(15)7-11/h4-7,10,16H,3,8-9H2,1-2H3. The van der Waals surface area contributed by atoms with Crippen LogP contribution in [0.5, 0.6) is 0 Å². The van der Waals surface area contributed by atoms with Gasteiger partial charge in [-0.25, -0.2) is 0 Å². The highest BCUT2D eigenvalue weighted by molar-refractivity contribution is 9.10. The molecule has 0 radical (unpaired) electrons. The molecule has 0 unspecified atom stereocenters. The van der Waals surface area contributed by atoms with E-state index in [4.69, 9.17) is 4.42 Å². The number of halogens is 1. The van der Waals surface area contributed by atoms with Crippen molar-refractivity contribution in [3.8, 4) is 0 Å². The van der Waals surface area contributed by atoms with Gasteiger partial charge in [-0.3, -0.25) is 0 Å². The zero-order valence-electron chi connectivity index (χ0n) is 11.2. The second-order valence-corrected chi connectivity index (χ2v) is 5.30. The zero-order chi connectivity index (χ0) is 13.7. The molecule has 19 heavy (non-hydrogen) atoms. The van der Waals surface area contributed by atoms with Crippen molar-refractivity contribution in [1.82, 2.24) is 10.3 Å². The van der Waals surface area contributed by atoms with Crippen molar-refractivity contribution in [2.24, 2.45) is 0 Å². The Morgan fingerprint density at radius 3 is 3.00 bits per heavy atom. The molecule has 2 aromatic rings. The van der Waals surface area contributed by atoms with Crippen LogP contribution in [0.4, 0.5) is 6.01 Å². The van der Waals surface area contributed by atoms with Gasteiger partial charge < -0.3 is 14.6 Å². The van der Waals surface area contributed by atoms with E-state index < -0.39 is 0 Å². The number of nitrogens with one attached hydrogen (secondary N) is 1. The molecule has 5 heteroatoms. The average Bonchev–Trinajstić information content (AvgIpc) is 2.85. The Morgan fingerprint density at radius 2 is 2.26 bits per heavy atom. The SMILES string of the molecule is CCNCc1coc(N(C)Cc2cccc(Br)c2)n1. The summed E-state index contributed by atoms with van der Waals surface area (Å²) in [4.78, 5) is 6.45. The predicted molar refractivity (Wildman–Crippen MR) is 80.1 cm³/mol. The van der Waals surface area contributed by atoms with Crippen LogP contribution in [0.25, 0.3) is 0 Å². The molecular formula is C14H18BrN3O. The summed E-state index contributed by atoms with van der Waals surface area (Å²) in [7, 11) is 1.98. The fourth-order valence-electron chi connectivity index (χ4n) is 1.78. The number of aromatic nitrogens is 1. The summed E-state index contributed by atoms with van der Waals surface area (Å²) < 4.78 is 6.57. The van der Waals surface area contributed by atoms with Crippen LogP contribution >= 0.6 is 15.9 Å². The van der Waals surface area contributed by atoms with E-state index in [0.717, 1.165) is 29.8 Å². The Balaban J connectivity index is 1.99. The minimum Gasteiger partial charge on any atom is -0.432 e. The zero-order valence-corrected chi connectivity index (χ0v) is 12.8. The first-order valence-corrected chi connectivity index (χ1v) is 7.09. The van der Waals surface area contributed by atoms with Gasteiger partial charge in [0.05, 0.1) is 5.69 Å². The largest absolute Gasteiger partial charge is 0.432 e. The smallest absolute Gasteiger partial charge is 0.297 e. The third kappa shape index (κ3) is 4.08. The molecule has 4 nitrogen and oxygen atoms in total. The van der Waals surface area contributed by atoms with Gasteiger partial charge in [-0.1, -0.05) is 35.0 Å². The maximum Gasteiger partial charge on any atom is 0.297 e. The number of oxazole rings is 1. The van der Waals surface area contributed by atoms with E-state index >= 15 is 0 Å². The van der Waals surface area contributed by atoms with Crippen molar-refractivity contribution in [3.05, 3.63) is 46.3 Å². The molecule has 0 amide bonds. The van der Waals surface area contributed by atoms with Crippen LogP contribution in [-0.4, -0.2) is 18.6 Å². The number of benzene rings is 1. The van der Waals surface area contributed by atoms with Gasteiger partial charge in [-0.05, 0) is 24.2 Å². The number of rotatable bonds is 6. The Hall–Kier alpha value is -1.33. The van der Waals surface area contributed by atoms with Crippen molar-refractivity contribution < 1.29 is 4.42 Å². The van der Waals surface area contributed by atoms with Crippen molar-refractivity contribution in [3.63, 3.8) is 0 Å². The minimum absolute atomic E-state index is 0.646. The second-order valence-electron chi connectivity index (χ2n) is 4.39. The second kappa shape index (κ2) is 6.73. The Kier molecular flexibility index (Phi) is 4.99. The van der Waals surface area contributed by atoms with Gasteiger partial charge in [-0.2, -0.15) is 4.98 Å². The van der Waals surface area contributed by atoms with Crippen LogP contribution in [0, 0.1) is 0 Å². The number of hydrogen-bond donors (Lipinski definition) is 1. The lowest BCUT2D eigenvalue weighted by Crippen LogP contribution is -2.17. The lowest BCUT2D eigenvalue weighted by Gasteiger charge is -2.14. The normalized spacial score (nSPS) is 10.7. The first kappa shape index (κ1) is 14.1. The first-order chi connectivity index (χ1) is 9.19. The molecule has 1 heterocycles. The van der Waals surface area contributed by atoms with E-state index in [0.29, 0.717) is 6.01 Å². The molecule has 1 N–H and O–H groups in total. The summed E-state index contributed by atoms with van der Waals surface area (Å²) in [6.45, 7) is 4.50. The van der Waals surface area contributed by atoms with Crippen LogP contribution in [-0.2, 0) is 13.1 Å². The van der Waals surface area contributed by atoms with Gasteiger partial charge in [-0.15, -0.1) is 0 Å². The predicted octanol–water partition coefficient (Wildman–Crippen LogP) is 3.18. The summed E-state index contributed by atoms with van der Waals surface area (Å²) in [6.07, 6.45) is 1.70. The van der Waals surface area contributed by atoms with E-state index in [1.165, 1.54) is 5.56 Å². The molecular weight excluding hydrogens is 306 g/mol. The summed E-state index contributed by atoms with van der Waals surface area (Å²) >= 11 is 3.48. The molecule has 2 rings (SSSR count). The van der Waals surface area contributed by atoms with Crippen LogP contribution in [0.2, 0.25) is 0 Å². The van der Waals surface area contributed by atoms with Crippen LogP contribution in [0.15, 0.2) is 39.4 Å².